The van der Waals surface area contributed by atoms with Crippen LogP contribution in [-0.2, 0) is 11.3 Å². The molecular formula is C18H14FNO3S2. The van der Waals surface area contributed by atoms with Crippen molar-refractivity contribution in [1.82, 2.24) is 5.32 Å². The Balaban J connectivity index is 1.47. The topological polar surface area (TPSA) is 55.4 Å². The van der Waals surface area contributed by atoms with Crippen LogP contribution in [0.5, 0.6) is 5.75 Å². The first-order valence-electron chi connectivity index (χ1n) is 7.44. The highest BCUT2D eigenvalue weighted by molar-refractivity contribution is 7.16. The number of halogens is 1. The predicted molar refractivity (Wildman–Crippen MR) is 95.8 cm³/mol. The summed E-state index contributed by atoms with van der Waals surface area (Å²) >= 11 is 2.76. The van der Waals surface area contributed by atoms with Crippen molar-refractivity contribution in [3.8, 4) is 5.75 Å². The lowest BCUT2D eigenvalue weighted by Gasteiger charge is -2.06. The van der Waals surface area contributed by atoms with Gasteiger partial charge in [0.1, 0.15) is 11.6 Å². The van der Waals surface area contributed by atoms with Crippen molar-refractivity contribution in [3.05, 3.63) is 74.4 Å². The summed E-state index contributed by atoms with van der Waals surface area (Å²) in [5.74, 6) is -0.222. The number of thiophene rings is 2. The molecule has 0 spiro atoms. The molecule has 2 heterocycles. The smallest absolute Gasteiger partial charge is 0.258 e. The molecule has 0 aliphatic rings. The molecule has 0 bridgehead atoms. The second kappa shape index (κ2) is 8.04. The molecular weight excluding hydrogens is 361 g/mol. The predicted octanol–water partition coefficient (Wildman–Crippen LogP) is 3.87. The SMILES string of the molecule is O=C(COc1ccc(F)cc1)NCc1ccc(C(=O)c2cccs2)s1. The Morgan fingerprint density at radius 2 is 1.84 bits per heavy atom. The first-order chi connectivity index (χ1) is 12.1. The van der Waals surface area contributed by atoms with Crippen LogP contribution in [0.4, 0.5) is 4.39 Å². The minimum atomic E-state index is -0.359. The van der Waals surface area contributed by atoms with E-state index in [0.717, 1.165) is 4.88 Å². The number of ether oxygens (including phenoxy) is 1. The minimum Gasteiger partial charge on any atom is -0.484 e. The van der Waals surface area contributed by atoms with Crippen molar-refractivity contribution in [3.63, 3.8) is 0 Å². The Morgan fingerprint density at radius 3 is 2.56 bits per heavy atom. The fourth-order valence-corrected chi connectivity index (χ4v) is 3.68. The summed E-state index contributed by atoms with van der Waals surface area (Å²) in [5.41, 5.74) is 0. The van der Waals surface area contributed by atoms with Crippen molar-refractivity contribution in [2.45, 2.75) is 6.54 Å². The normalized spacial score (nSPS) is 10.4. The zero-order chi connectivity index (χ0) is 17.6. The maximum Gasteiger partial charge on any atom is 0.258 e. The molecule has 3 rings (SSSR count). The molecule has 25 heavy (non-hydrogen) atoms. The summed E-state index contributed by atoms with van der Waals surface area (Å²) < 4.78 is 18.1. The highest BCUT2D eigenvalue weighted by Crippen LogP contribution is 2.22. The van der Waals surface area contributed by atoms with Crippen LogP contribution in [0.3, 0.4) is 0 Å². The van der Waals surface area contributed by atoms with Gasteiger partial charge in [-0.1, -0.05) is 6.07 Å². The van der Waals surface area contributed by atoms with Gasteiger partial charge < -0.3 is 10.1 Å². The highest BCUT2D eigenvalue weighted by atomic mass is 32.1. The Bertz CT molecular complexity index is 857. The molecule has 4 nitrogen and oxygen atoms in total. The number of ketones is 1. The van der Waals surface area contributed by atoms with E-state index in [2.05, 4.69) is 5.32 Å². The lowest BCUT2D eigenvalue weighted by Crippen LogP contribution is -2.28. The molecule has 7 heteroatoms. The van der Waals surface area contributed by atoms with Crippen LogP contribution in [0.25, 0.3) is 0 Å². The van der Waals surface area contributed by atoms with Gasteiger partial charge in [-0.3, -0.25) is 9.59 Å². The summed E-state index contributed by atoms with van der Waals surface area (Å²) in [6, 6.07) is 12.7. The van der Waals surface area contributed by atoms with Crippen molar-refractivity contribution in [2.75, 3.05) is 6.61 Å². The van der Waals surface area contributed by atoms with Gasteiger partial charge in [0, 0.05) is 4.88 Å². The first kappa shape index (κ1) is 17.3. The number of carbonyl (C=O) groups is 2. The third-order valence-corrected chi connectivity index (χ3v) is 5.23. The summed E-state index contributed by atoms with van der Waals surface area (Å²) in [6.45, 7) is 0.173. The van der Waals surface area contributed by atoms with E-state index in [0.29, 0.717) is 22.0 Å². The zero-order valence-corrected chi connectivity index (χ0v) is 14.7. The maximum atomic E-state index is 12.8. The monoisotopic (exact) mass is 375 g/mol. The second-order valence-electron chi connectivity index (χ2n) is 5.09. The molecule has 0 saturated heterocycles. The fraction of sp³-hybridized carbons (Fsp3) is 0.111. The number of amides is 1. The van der Waals surface area contributed by atoms with Gasteiger partial charge in [-0.15, -0.1) is 22.7 Å². The molecule has 0 atom stereocenters. The molecule has 3 aromatic rings. The van der Waals surface area contributed by atoms with Crippen LogP contribution >= 0.6 is 22.7 Å². The highest BCUT2D eigenvalue weighted by Gasteiger charge is 2.13. The standard InChI is InChI=1S/C18H14FNO3S2/c19-12-3-5-13(6-4-12)23-11-17(21)20-10-14-7-8-16(25-14)18(22)15-2-1-9-24-15/h1-9H,10-11H2,(H,20,21). The molecule has 0 unspecified atom stereocenters. The Morgan fingerprint density at radius 1 is 1.04 bits per heavy atom. The average Bonchev–Trinajstić information content (AvgIpc) is 3.30. The van der Waals surface area contributed by atoms with E-state index in [1.54, 1.807) is 12.1 Å². The number of nitrogens with one attached hydrogen (secondary N) is 1. The maximum absolute atomic E-state index is 12.8. The number of rotatable bonds is 7. The summed E-state index contributed by atoms with van der Waals surface area (Å²) in [6.07, 6.45) is 0. The second-order valence-corrected chi connectivity index (χ2v) is 7.21. The lowest BCUT2D eigenvalue weighted by molar-refractivity contribution is -0.123. The van der Waals surface area contributed by atoms with Crippen molar-refractivity contribution < 1.29 is 18.7 Å². The van der Waals surface area contributed by atoms with Gasteiger partial charge in [-0.05, 0) is 47.8 Å². The zero-order valence-electron chi connectivity index (χ0n) is 13.0. The molecule has 2 aromatic heterocycles. The Hall–Kier alpha value is -2.51. The Kier molecular flexibility index (Phi) is 5.57. The summed E-state index contributed by atoms with van der Waals surface area (Å²) in [7, 11) is 0. The third-order valence-electron chi connectivity index (χ3n) is 3.27. The third kappa shape index (κ3) is 4.74. The van der Waals surface area contributed by atoms with Crippen LogP contribution in [-0.4, -0.2) is 18.3 Å². The van der Waals surface area contributed by atoms with Crippen LogP contribution in [0, 0.1) is 5.82 Å². The van der Waals surface area contributed by atoms with E-state index in [-0.39, 0.29) is 24.1 Å². The number of hydrogen-bond acceptors (Lipinski definition) is 5. The molecule has 0 fully saturated rings. The summed E-state index contributed by atoms with van der Waals surface area (Å²) in [4.78, 5) is 26.3. The van der Waals surface area contributed by atoms with Crippen molar-refractivity contribution in [2.24, 2.45) is 0 Å². The van der Waals surface area contributed by atoms with E-state index < -0.39 is 0 Å². The van der Waals surface area contributed by atoms with E-state index in [1.165, 1.54) is 46.9 Å². The minimum absolute atomic E-state index is 0.00257. The largest absolute Gasteiger partial charge is 0.484 e. The van der Waals surface area contributed by atoms with Gasteiger partial charge in [0.05, 0.1) is 16.3 Å². The first-order valence-corrected chi connectivity index (χ1v) is 9.13. The molecule has 1 aromatic carbocycles. The summed E-state index contributed by atoms with van der Waals surface area (Å²) in [5, 5.41) is 4.60. The quantitative estimate of drug-likeness (QED) is 0.638. The average molecular weight is 375 g/mol. The molecule has 0 aliphatic carbocycles. The van der Waals surface area contributed by atoms with E-state index in [1.807, 2.05) is 17.5 Å². The number of carbonyl (C=O) groups excluding carboxylic acids is 2. The molecule has 1 amide bonds. The van der Waals surface area contributed by atoms with Crippen LogP contribution in [0.2, 0.25) is 0 Å². The van der Waals surface area contributed by atoms with Gasteiger partial charge in [0.2, 0.25) is 5.78 Å². The molecule has 128 valence electrons. The Labute approximate surface area is 151 Å². The van der Waals surface area contributed by atoms with Crippen LogP contribution in [0.15, 0.2) is 53.9 Å². The number of benzene rings is 1. The van der Waals surface area contributed by atoms with Crippen molar-refractivity contribution in [1.29, 1.82) is 0 Å². The van der Waals surface area contributed by atoms with Crippen molar-refractivity contribution >= 4 is 34.4 Å². The van der Waals surface area contributed by atoms with Gasteiger partial charge in [-0.25, -0.2) is 4.39 Å². The van der Waals surface area contributed by atoms with E-state index in [4.69, 9.17) is 4.74 Å². The van der Waals surface area contributed by atoms with E-state index >= 15 is 0 Å². The molecule has 0 radical (unpaired) electrons. The van der Waals surface area contributed by atoms with E-state index in [9.17, 15) is 14.0 Å². The van der Waals surface area contributed by atoms with Gasteiger partial charge in [0.15, 0.2) is 6.61 Å². The molecule has 1 N–H and O–H groups in total. The number of hydrogen-bond donors (Lipinski definition) is 1. The van der Waals surface area contributed by atoms with Gasteiger partial charge in [-0.2, -0.15) is 0 Å². The fourth-order valence-electron chi connectivity index (χ4n) is 2.04. The van der Waals surface area contributed by atoms with Gasteiger partial charge >= 0.3 is 0 Å². The van der Waals surface area contributed by atoms with Crippen LogP contribution in [0.1, 0.15) is 19.4 Å². The molecule has 0 aliphatic heterocycles. The molecule has 0 saturated carbocycles. The van der Waals surface area contributed by atoms with Gasteiger partial charge in [0.25, 0.3) is 5.91 Å². The van der Waals surface area contributed by atoms with Crippen LogP contribution < -0.4 is 10.1 Å². The lowest BCUT2D eigenvalue weighted by atomic mass is 10.3.